The Kier molecular flexibility index (Phi) is 4.41. The van der Waals surface area contributed by atoms with E-state index in [2.05, 4.69) is 0 Å². The van der Waals surface area contributed by atoms with Crippen LogP contribution < -0.4 is 0 Å². The van der Waals surface area contributed by atoms with E-state index in [-0.39, 0.29) is 6.61 Å². The molecule has 0 aliphatic rings. The van der Waals surface area contributed by atoms with Crippen molar-refractivity contribution in [3.63, 3.8) is 0 Å². The minimum atomic E-state index is -0.133. The van der Waals surface area contributed by atoms with Gasteiger partial charge in [-0.05, 0) is 17.7 Å². The van der Waals surface area contributed by atoms with Gasteiger partial charge < -0.3 is 5.11 Å². The molecule has 0 saturated heterocycles. The quantitative estimate of drug-likeness (QED) is 0.728. The predicted octanol–water partition coefficient (Wildman–Crippen LogP) is 5.46. The van der Waals surface area contributed by atoms with Gasteiger partial charge >= 0.3 is 0 Å². The number of halogens is 4. The molecule has 0 saturated carbocycles. The fourth-order valence-electron chi connectivity index (χ4n) is 1.64. The largest absolute Gasteiger partial charge is 0.392 e. The monoisotopic (exact) mass is 320 g/mol. The van der Waals surface area contributed by atoms with E-state index in [0.717, 1.165) is 0 Å². The van der Waals surface area contributed by atoms with Crippen molar-refractivity contribution in [1.29, 1.82) is 0 Å². The molecule has 2 aromatic carbocycles. The van der Waals surface area contributed by atoms with Gasteiger partial charge in [0.1, 0.15) is 0 Å². The Balaban J connectivity index is 2.66. The molecule has 0 unspecified atom stereocenters. The van der Waals surface area contributed by atoms with Crippen LogP contribution in [-0.4, -0.2) is 5.11 Å². The van der Waals surface area contributed by atoms with Gasteiger partial charge in [-0.15, -0.1) is 0 Å². The molecule has 0 atom stereocenters. The Labute approximate surface area is 125 Å². The highest BCUT2D eigenvalue weighted by Crippen LogP contribution is 2.39. The molecular formula is C13H8Cl4O. The van der Waals surface area contributed by atoms with E-state index < -0.39 is 0 Å². The Bertz CT molecular complexity index is 596. The minimum absolute atomic E-state index is 0.133. The van der Waals surface area contributed by atoms with Crippen LogP contribution in [-0.2, 0) is 6.61 Å². The van der Waals surface area contributed by atoms with Crippen molar-refractivity contribution in [3.05, 3.63) is 56.0 Å². The molecule has 1 N–H and O–H groups in total. The SMILES string of the molecule is OCc1cccc(-c2cc(Cl)c(Cl)cc2Cl)c1Cl. The molecule has 0 fully saturated rings. The zero-order valence-corrected chi connectivity index (χ0v) is 12.1. The number of aliphatic hydroxyl groups is 1. The molecule has 0 aromatic heterocycles. The second-order valence-corrected chi connectivity index (χ2v) is 5.28. The summed E-state index contributed by atoms with van der Waals surface area (Å²) in [7, 11) is 0. The van der Waals surface area contributed by atoms with Gasteiger partial charge in [0.25, 0.3) is 0 Å². The predicted molar refractivity (Wildman–Crippen MR) is 77.8 cm³/mol. The van der Waals surface area contributed by atoms with Crippen molar-refractivity contribution in [2.45, 2.75) is 6.61 Å². The number of hydrogen-bond acceptors (Lipinski definition) is 1. The average Bonchev–Trinajstić information content (AvgIpc) is 2.34. The first-order chi connectivity index (χ1) is 8.54. The second-order valence-electron chi connectivity index (χ2n) is 3.68. The van der Waals surface area contributed by atoms with E-state index in [1.54, 1.807) is 24.3 Å². The third-order valence-corrected chi connectivity index (χ3v) is 4.03. The van der Waals surface area contributed by atoms with Gasteiger partial charge in [0.05, 0.1) is 26.7 Å². The smallest absolute Gasteiger partial charge is 0.0696 e. The van der Waals surface area contributed by atoms with E-state index in [1.165, 1.54) is 0 Å². The molecule has 94 valence electrons. The molecule has 0 radical (unpaired) electrons. The number of aliphatic hydroxyl groups excluding tert-OH is 1. The lowest BCUT2D eigenvalue weighted by molar-refractivity contribution is 0.282. The van der Waals surface area contributed by atoms with Crippen molar-refractivity contribution in [1.82, 2.24) is 0 Å². The molecule has 5 heteroatoms. The van der Waals surface area contributed by atoms with Crippen LogP contribution in [0.4, 0.5) is 0 Å². The van der Waals surface area contributed by atoms with Crippen LogP contribution in [0.2, 0.25) is 20.1 Å². The van der Waals surface area contributed by atoms with E-state index in [0.29, 0.717) is 36.8 Å². The van der Waals surface area contributed by atoms with Crippen LogP contribution in [0.15, 0.2) is 30.3 Å². The molecule has 18 heavy (non-hydrogen) atoms. The first kappa shape index (κ1) is 14.0. The van der Waals surface area contributed by atoms with E-state index in [1.807, 2.05) is 6.07 Å². The van der Waals surface area contributed by atoms with Crippen molar-refractivity contribution in [2.75, 3.05) is 0 Å². The summed E-state index contributed by atoms with van der Waals surface area (Å²) in [5.74, 6) is 0. The van der Waals surface area contributed by atoms with Crippen LogP contribution in [0.3, 0.4) is 0 Å². The fraction of sp³-hybridized carbons (Fsp3) is 0.0769. The summed E-state index contributed by atoms with van der Waals surface area (Å²) in [5.41, 5.74) is 2.04. The fourth-order valence-corrected chi connectivity index (χ4v) is 2.58. The molecule has 0 bridgehead atoms. The number of rotatable bonds is 2. The van der Waals surface area contributed by atoms with E-state index in [4.69, 9.17) is 46.4 Å². The van der Waals surface area contributed by atoms with Crippen molar-refractivity contribution in [2.24, 2.45) is 0 Å². The van der Waals surface area contributed by atoms with Gasteiger partial charge in [0.2, 0.25) is 0 Å². The summed E-state index contributed by atoms with van der Waals surface area (Å²) >= 11 is 24.2. The van der Waals surface area contributed by atoms with E-state index >= 15 is 0 Å². The zero-order chi connectivity index (χ0) is 13.3. The number of benzene rings is 2. The molecule has 0 aliphatic heterocycles. The highest BCUT2D eigenvalue weighted by molar-refractivity contribution is 6.44. The minimum Gasteiger partial charge on any atom is -0.392 e. The maximum absolute atomic E-state index is 9.19. The van der Waals surface area contributed by atoms with Crippen LogP contribution >= 0.6 is 46.4 Å². The standard InChI is InChI=1S/C13H8Cl4O/c14-10-5-12(16)11(15)4-9(10)8-3-1-2-7(6-18)13(8)17/h1-5,18H,6H2. The van der Waals surface area contributed by atoms with Gasteiger partial charge in [-0.3, -0.25) is 0 Å². The molecule has 2 rings (SSSR count). The molecule has 0 aliphatic carbocycles. The lowest BCUT2D eigenvalue weighted by atomic mass is 10.0. The van der Waals surface area contributed by atoms with Crippen molar-refractivity contribution >= 4 is 46.4 Å². The second kappa shape index (κ2) is 5.68. The van der Waals surface area contributed by atoms with Gasteiger partial charge in [-0.1, -0.05) is 64.6 Å². The summed E-state index contributed by atoms with van der Waals surface area (Å²) in [4.78, 5) is 0. The Hall–Kier alpha value is -0.440. The van der Waals surface area contributed by atoms with Crippen molar-refractivity contribution < 1.29 is 5.11 Å². The Morgan fingerprint density at radius 1 is 0.833 bits per heavy atom. The molecule has 0 heterocycles. The highest BCUT2D eigenvalue weighted by atomic mass is 35.5. The van der Waals surface area contributed by atoms with Gasteiger partial charge in [-0.2, -0.15) is 0 Å². The van der Waals surface area contributed by atoms with Crippen LogP contribution in [0, 0.1) is 0 Å². The summed E-state index contributed by atoms with van der Waals surface area (Å²) in [6, 6.07) is 8.59. The first-order valence-corrected chi connectivity index (χ1v) is 6.59. The maximum atomic E-state index is 9.19. The van der Waals surface area contributed by atoms with E-state index in [9.17, 15) is 5.11 Å². The summed E-state index contributed by atoms with van der Waals surface area (Å²) in [5, 5.41) is 10.9. The Morgan fingerprint density at radius 2 is 1.50 bits per heavy atom. The zero-order valence-electron chi connectivity index (χ0n) is 9.05. The van der Waals surface area contributed by atoms with Gasteiger partial charge in [0, 0.05) is 11.1 Å². The first-order valence-electron chi connectivity index (χ1n) is 5.07. The molecule has 0 spiro atoms. The number of hydrogen-bond donors (Lipinski definition) is 1. The van der Waals surface area contributed by atoms with Gasteiger partial charge in [0.15, 0.2) is 0 Å². The summed E-state index contributed by atoms with van der Waals surface area (Å²) < 4.78 is 0. The molecule has 1 nitrogen and oxygen atoms in total. The van der Waals surface area contributed by atoms with Gasteiger partial charge in [-0.25, -0.2) is 0 Å². The topological polar surface area (TPSA) is 20.2 Å². The average molecular weight is 322 g/mol. The maximum Gasteiger partial charge on any atom is 0.0696 e. The molecule has 0 amide bonds. The highest BCUT2D eigenvalue weighted by Gasteiger charge is 2.12. The van der Waals surface area contributed by atoms with Crippen LogP contribution in [0.25, 0.3) is 11.1 Å². The molecule has 2 aromatic rings. The lowest BCUT2D eigenvalue weighted by Crippen LogP contribution is -1.89. The van der Waals surface area contributed by atoms with Crippen LogP contribution in [0.1, 0.15) is 5.56 Å². The normalized spacial score (nSPS) is 10.7. The summed E-state index contributed by atoms with van der Waals surface area (Å²) in [6.45, 7) is -0.133. The summed E-state index contributed by atoms with van der Waals surface area (Å²) in [6.07, 6.45) is 0. The van der Waals surface area contributed by atoms with Crippen LogP contribution in [0.5, 0.6) is 0 Å². The Morgan fingerprint density at radius 3 is 2.17 bits per heavy atom. The van der Waals surface area contributed by atoms with Crippen molar-refractivity contribution in [3.8, 4) is 11.1 Å². The third kappa shape index (κ3) is 2.61. The molecular weight excluding hydrogens is 314 g/mol. The third-order valence-electron chi connectivity index (χ3n) is 2.55. The lowest BCUT2D eigenvalue weighted by Gasteiger charge is -2.11.